The molecule has 2 aromatic rings. The summed E-state index contributed by atoms with van der Waals surface area (Å²) in [4.78, 5) is 0.481. The first kappa shape index (κ1) is 10.4. The molecule has 17 heavy (non-hydrogen) atoms. The topological polar surface area (TPSA) is 43.4 Å². The lowest BCUT2D eigenvalue weighted by molar-refractivity contribution is 0.443. The number of sulfone groups is 1. The predicted molar refractivity (Wildman–Crippen MR) is 63.1 cm³/mol. The molecule has 0 aromatic heterocycles. The molecule has 0 N–H and O–H groups in total. The Bertz CT molecular complexity index is 702. The Morgan fingerprint density at radius 2 is 1.65 bits per heavy atom. The van der Waals surface area contributed by atoms with E-state index in [9.17, 15) is 8.42 Å². The minimum Gasteiger partial charge on any atom is -0.455 e. The van der Waals surface area contributed by atoms with Crippen LogP contribution in [0, 0.1) is 6.92 Å². The highest BCUT2D eigenvalue weighted by atomic mass is 32.2. The van der Waals surface area contributed by atoms with Gasteiger partial charge in [-0.3, -0.25) is 0 Å². The van der Waals surface area contributed by atoms with Crippen LogP contribution in [0.5, 0.6) is 11.5 Å². The van der Waals surface area contributed by atoms with E-state index in [0.717, 1.165) is 5.56 Å². The number of ether oxygens (including phenoxy) is 1. The fraction of sp³-hybridized carbons (Fsp3) is 0.0769. The van der Waals surface area contributed by atoms with Gasteiger partial charge in [0.1, 0.15) is 21.3 Å². The van der Waals surface area contributed by atoms with Crippen molar-refractivity contribution in [3.8, 4) is 11.5 Å². The quantitative estimate of drug-likeness (QED) is 0.612. The molecule has 0 radical (unpaired) electrons. The van der Waals surface area contributed by atoms with E-state index in [0.29, 0.717) is 11.5 Å². The van der Waals surface area contributed by atoms with Gasteiger partial charge < -0.3 is 4.74 Å². The van der Waals surface area contributed by atoms with Crippen molar-refractivity contribution >= 4 is 9.84 Å². The van der Waals surface area contributed by atoms with Crippen LogP contribution in [-0.4, -0.2) is 8.42 Å². The largest absolute Gasteiger partial charge is 0.455 e. The second-order valence-corrected chi connectivity index (χ2v) is 5.89. The first-order chi connectivity index (χ1) is 8.09. The van der Waals surface area contributed by atoms with E-state index >= 15 is 0 Å². The highest BCUT2D eigenvalue weighted by molar-refractivity contribution is 7.91. The average molecular weight is 246 g/mol. The van der Waals surface area contributed by atoms with Crippen molar-refractivity contribution in [2.24, 2.45) is 0 Å². The fourth-order valence-corrected chi connectivity index (χ4v) is 3.49. The van der Waals surface area contributed by atoms with E-state index in [-0.39, 0.29) is 9.79 Å². The molecule has 1 heterocycles. The lowest BCUT2D eigenvalue weighted by Gasteiger charge is -2.20. The molecule has 3 rings (SSSR count). The molecule has 2 aromatic carbocycles. The Balaban J connectivity index is 2.36. The Morgan fingerprint density at radius 1 is 0.941 bits per heavy atom. The number of aryl methyl sites for hydroxylation is 1. The summed E-state index contributed by atoms with van der Waals surface area (Å²) in [5.74, 6) is 0.790. The third-order valence-electron chi connectivity index (χ3n) is 2.75. The molecule has 0 bridgehead atoms. The summed E-state index contributed by atoms with van der Waals surface area (Å²) in [6.45, 7) is 1.86. The van der Waals surface area contributed by atoms with Crippen LogP contribution in [0.1, 0.15) is 5.56 Å². The molecule has 0 amide bonds. The average Bonchev–Trinajstić information content (AvgIpc) is 2.31. The fourth-order valence-electron chi connectivity index (χ4n) is 1.90. The lowest BCUT2D eigenvalue weighted by Crippen LogP contribution is -2.10. The maximum absolute atomic E-state index is 12.4. The lowest BCUT2D eigenvalue weighted by atomic mass is 10.2. The van der Waals surface area contributed by atoms with Gasteiger partial charge in [0, 0.05) is 0 Å². The Morgan fingerprint density at radius 3 is 2.47 bits per heavy atom. The van der Waals surface area contributed by atoms with Gasteiger partial charge in [-0.25, -0.2) is 8.42 Å². The van der Waals surface area contributed by atoms with Gasteiger partial charge in [-0.15, -0.1) is 0 Å². The number of hydrogen-bond acceptors (Lipinski definition) is 3. The molecule has 0 fully saturated rings. The molecule has 1 aliphatic rings. The van der Waals surface area contributed by atoms with Crippen LogP contribution < -0.4 is 4.74 Å². The van der Waals surface area contributed by atoms with Gasteiger partial charge in [0.15, 0.2) is 0 Å². The Labute approximate surface area is 99.6 Å². The monoisotopic (exact) mass is 246 g/mol. The number of rotatable bonds is 0. The molecule has 0 atom stereocenters. The van der Waals surface area contributed by atoms with Crippen LogP contribution >= 0.6 is 0 Å². The highest BCUT2D eigenvalue weighted by Gasteiger charge is 2.30. The van der Waals surface area contributed by atoms with Gasteiger partial charge in [0.05, 0.1) is 0 Å². The summed E-state index contributed by atoms with van der Waals surface area (Å²) in [6, 6.07) is 11.8. The Kier molecular flexibility index (Phi) is 2.03. The van der Waals surface area contributed by atoms with Crippen LogP contribution in [0.3, 0.4) is 0 Å². The second kappa shape index (κ2) is 3.34. The van der Waals surface area contributed by atoms with E-state index in [4.69, 9.17) is 4.74 Å². The summed E-state index contributed by atoms with van der Waals surface area (Å²) in [7, 11) is -3.45. The summed E-state index contributed by atoms with van der Waals surface area (Å²) in [5, 5.41) is 0. The summed E-state index contributed by atoms with van der Waals surface area (Å²) < 4.78 is 30.3. The molecule has 4 heteroatoms. The van der Waals surface area contributed by atoms with E-state index in [1.165, 1.54) is 0 Å². The number of fused-ring (bicyclic) bond motifs is 2. The van der Waals surface area contributed by atoms with Crippen LogP contribution in [0.4, 0.5) is 0 Å². The van der Waals surface area contributed by atoms with Crippen LogP contribution in [0.15, 0.2) is 52.3 Å². The SMILES string of the molecule is Cc1ccc2c(c1)S(=O)(=O)c1ccccc1O2. The van der Waals surface area contributed by atoms with Crippen molar-refractivity contribution < 1.29 is 13.2 Å². The van der Waals surface area contributed by atoms with Crippen molar-refractivity contribution in [1.82, 2.24) is 0 Å². The maximum Gasteiger partial charge on any atom is 0.213 e. The van der Waals surface area contributed by atoms with E-state index in [1.807, 2.05) is 13.0 Å². The van der Waals surface area contributed by atoms with Gasteiger partial charge >= 0.3 is 0 Å². The Hall–Kier alpha value is -1.81. The summed E-state index contributed by atoms with van der Waals surface area (Å²) in [6.07, 6.45) is 0. The van der Waals surface area contributed by atoms with Crippen molar-refractivity contribution in [3.63, 3.8) is 0 Å². The zero-order valence-corrected chi connectivity index (χ0v) is 9.99. The highest BCUT2D eigenvalue weighted by Crippen LogP contribution is 2.42. The van der Waals surface area contributed by atoms with Crippen LogP contribution in [0.2, 0.25) is 0 Å². The molecule has 0 aliphatic carbocycles. The summed E-state index contributed by atoms with van der Waals surface area (Å²) >= 11 is 0. The van der Waals surface area contributed by atoms with Crippen molar-refractivity contribution in [2.45, 2.75) is 16.7 Å². The molecule has 0 saturated heterocycles. The van der Waals surface area contributed by atoms with E-state index < -0.39 is 9.84 Å². The molecule has 3 nitrogen and oxygen atoms in total. The standard InChI is InChI=1S/C13H10O3S/c1-9-6-7-11-13(8-9)17(14,15)12-5-3-2-4-10(12)16-11/h2-8H,1H3. The zero-order chi connectivity index (χ0) is 12.0. The van der Waals surface area contributed by atoms with Crippen molar-refractivity contribution in [1.29, 1.82) is 0 Å². The minimum absolute atomic E-state index is 0.234. The summed E-state index contributed by atoms with van der Waals surface area (Å²) in [5.41, 5.74) is 0.898. The van der Waals surface area contributed by atoms with Gasteiger partial charge in [-0.05, 0) is 36.8 Å². The van der Waals surface area contributed by atoms with Crippen LogP contribution in [-0.2, 0) is 9.84 Å². The smallest absolute Gasteiger partial charge is 0.213 e. The first-order valence-electron chi connectivity index (χ1n) is 5.22. The molecule has 0 unspecified atom stereocenters. The van der Waals surface area contributed by atoms with Gasteiger partial charge in [-0.1, -0.05) is 18.2 Å². The zero-order valence-electron chi connectivity index (χ0n) is 9.17. The van der Waals surface area contributed by atoms with E-state index in [2.05, 4.69) is 0 Å². The normalized spacial score (nSPS) is 15.6. The number of para-hydroxylation sites is 1. The van der Waals surface area contributed by atoms with Crippen molar-refractivity contribution in [2.75, 3.05) is 0 Å². The molecule has 0 saturated carbocycles. The van der Waals surface area contributed by atoms with Crippen LogP contribution in [0.25, 0.3) is 0 Å². The molecule has 1 aliphatic heterocycles. The van der Waals surface area contributed by atoms with Gasteiger partial charge in [0.25, 0.3) is 0 Å². The maximum atomic E-state index is 12.4. The van der Waals surface area contributed by atoms with E-state index in [1.54, 1.807) is 36.4 Å². The van der Waals surface area contributed by atoms with Gasteiger partial charge in [0.2, 0.25) is 9.84 Å². The number of benzene rings is 2. The van der Waals surface area contributed by atoms with Gasteiger partial charge in [-0.2, -0.15) is 0 Å². The molecular formula is C13H10O3S. The molecule has 86 valence electrons. The predicted octanol–water partition coefficient (Wildman–Crippen LogP) is 2.93. The van der Waals surface area contributed by atoms with Crippen molar-refractivity contribution in [3.05, 3.63) is 48.0 Å². The molecule has 0 spiro atoms. The number of hydrogen-bond donors (Lipinski definition) is 0. The first-order valence-corrected chi connectivity index (χ1v) is 6.70. The minimum atomic E-state index is -3.45. The second-order valence-electron chi connectivity index (χ2n) is 4.00. The third-order valence-corrected chi connectivity index (χ3v) is 4.56. The molecular weight excluding hydrogens is 236 g/mol. The third kappa shape index (κ3) is 1.45.